The van der Waals surface area contributed by atoms with Gasteiger partial charge < -0.3 is 5.11 Å². The van der Waals surface area contributed by atoms with Crippen LogP contribution in [0.25, 0.3) is 0 Å². The summed E-state index contributed by atoms with van der Waals surface area (Å²) in [6, 6.07) is 16.3. The number of carbonyl (C=O) groups is 1. The quantitative estimate of drug-likeness (QED) is 0.824. The summed E-state index contributed by atoms with van der Waals surface area (Å²) in [6.07, 6.45) is 0. The van der Waals surface area contributed by atoms with Gasteiger partial charge in [-0.25, -0.2) is 0 Å². The Bertz CT molecular complexity index is 590. The smallest absolute Gasteiger partial charge is 0.310 e. The third kappa shape index (κ3) is 3.87. The number of thioether (sulfide) groups is 1. The molecule has 1 atom stereocenters. The lowest BCUT2D eigenvalue weighted by molar-refractivity contribution is -0.138. The van der Waals surface area contributed by atoms with Gasteiger partial charge in [-0.1, -0.05) is 42.0 Å². The molecule has 0 fully saturated rings. The second-order valence-corrected chi connectivity index (χ2v) is 5.96. The molecule has 104 valence electrons. The molecule has 2 rings (SSSR count). The molecule has 1 unspecified atom stereocenters. The van der Waals surface area contributed by atoms with Gasteiger partial charge in [0.2, 0.25) is 0 Å². The van der Waals surface area contributed by atoms with Crippen LogP contribution in [0.5, 0.6) is 0 Å². The summed E-state index contributed by atoms with van der Waals surface area (Å²) in [5.41, 5.74) is 3.32. The number of hydrogen-bond donors (Lipinski definition) is 1. The molecule has 20 heavy (non-hydrogen) atoms. The fourth-order valence-electron chi connectivity index (χ4n) is 1.92. The Morgan fingerprint density at radius 3 is 2.50 bits per heavy atom. The molecule has 2 aromatic carbocycles. The molecule has 0 aliphatic rings. The van der Waals surface area contributed by atoms with E-state index < -0.39 is 11.9 Å². The van der Waals surface area contributed by atoms with Gasteiger partial charge in [0.15, 0.2) is 0 Å². The zero-order chi connectivity index (χ0) is 14.5. The lowest BCUT2D eigenvalue weighted by Crippen LogP contribution is -2.07. The van der Waals surface area contributed by atoms with Gasteiger partial charge in [-0.2, -0.15) is 0 Å². The van der Waals surface area contributed by atoms with E-state index in [1.807, 2.05) is 24.3 Å². The summed E-state index contributed by atoms with van der Waals surface area (Å²) in [5, 5.41) is 8.98. The van der Waals surface area contributed by atoms with E-state index in [1.54, 1.807) is 18.7 Å². The van der Waals surface area contributed by atoms with Crippen molar-refractivity contribution in [3.05, 3.63) is 65.2 Å². The van der Waals surface area contributed by atoms with Crippen molar-refractivity contribution in [1.82, 2.24) is 0 Å². The Morgan fingerprint density at radius 2 is 1.90 bits per heavy atom. The monoisotopic (exact) mass is 286 g/mol. The molecule has 0 aromatic heterocycles. The van der Waals surface area contributed by atoms with Gasteiger partial charge in [-0.15, -0.1) is 11.8 Å². The topological polar surface area (TPSA) is 37.3 Å². The highest BCUT2D eigenvalue weighted by Gasteiger charge is 2.12. The van der Waals surface area contributed by atoms with Crippen molar-refractivity contribution in [1.29, 1.82) is 0 Å². The second kappa shape index (κ2) is 6.62. The van der Waals surface area contributed by atoms with Gasteiger partial charge >= 0.3 is 5.97 Å². The van der Waals surface area contributed by atoms with Gasteiger partial charge in [-0.3, -0.25) is 4.79 Å². The number of aryl methyl sites for hydroxylation is 1. The summed E-state index contributed by atoms with van der Waals surface area (Å²) in [6.45, 7) is 3.80. The Hall–Kier alpha value is -1.74. The summed E-state index contributed by atoms with van der Waals surface area (Å²) in [5.74, 6) is -0.342. The van der Waals surface area contributed by atoms with Crippen LogP contribution in [0.15, 0.2) is 53.4 Å². The summed E-state index contributed by atoms with van der Waals surface area (Å²) in [7, 11) is 0. The Morgan fingerprint density at radius 1 is 1.20 bits per heavy atom. The maximum atomic E-state index is 10.9. The predicted molar refractivity (Wildman–Crippen MR) is 83.2 cm³/mol. The number of hydrogen-bond acceptors (Lipinski definition) is 2. The predicted octanol–water partition coefficient (Wildman–Crippen LogP) is 4.48. The molecule has 2 nitrogen and oxygen atoms in total. The van der Waals surface area contributed by atoms with E-state index in [0.29, 0.717) is 0 Å². The van der Waals surface area contributed by atoms with E-state index in [4.69, 9.17) is 5.11 Å². The van der Waals surface area contributed by atoms with Crippen LogP contribution in [-0.2, 0) is 10.5 Å². The first-order chi connectivity index (χ1) is 9.56. The molecule has 3 heteroatoms. The second-order valence-electron chi connectivity index (χ2n) is 4.91. The highest BCUT2D eigenvalue weighted by atomic mass is 32.2. The van der Waals surface area contributed by atoms with E-state index in [-0.39, 0.29) is 0 Å². The van der Waals surface area contributed by atoms with Gasteiger partial charge in [0.05, 0.1) is 5.92 Å². The lowest BCUT2D eigenvalue weighted by Gasteiger charge is -2.08. The van der Waals surface area contributed by atoms with Crippen LogP contribution >= 0.6 is 11.8 Å². The lowest BCUT2D eigenvalue weighted by atomic mass is 10.0. The third-order valence-corrected chi connectivity index (χ3v) is 4.31. The van der Waals surface area contributed by atoms with E-state index in [9.17, 15) is 4.79 Å². The minimum absolute atomic E-state index is 0.450. The zero-order valence-corrected chi connectivity index (χ0v) is 12.5. The summed E-state index contributed by atoms with van der Waals surface area (Å²) in [4.78, 5) is 12.2. The van der Waals surface area contributed by atoms with Gasteiger partial charge in [0.25, 0.3) is 0 Å². The molecule has 2 aromatic rings. The molecule has 0 bridgehead atoms. The molecule has 0 aliphatic heterocycles. The molecule has 0 saturated carbocycles. The van der Waals surface area contributed by atoms with Crippen molar-refractivity contribution in [3.8, 4) is 0 Å². The number of carboxylic acid groups (broad SMARTS) is 1. The van der Waals surface area contributed by atoms with E-state index >= 15 is 0 Å². The van der Waals surface area contributed by atoms with E-state index in [2.05, 4.69) is 31.2 Å². The number of aliphatic carboxylic acids is 1. The fraction of sp³-hybridized carbons (Fsp3) is 0.235. The molecule has 1 N–H and O–H groups in total. The Balaban J connectivity index is 1.99. The largest absolute Gasteiger partial charge is 0.481 e. The number of benzene rings is 2. The maximum absolute atomic E-state index is 10.9. The van der Waals surface area contributed by atoms with Crippen molar-refractivity contribution in [2.24, 2.45) is 0 Å². The standard InChI is InChI=1S/C17H18O2S/c1-12-4-3-5-16(10-12)20-11-14-6-8-15(9-7-14)13(2)17(18)19/h3-10,13H,11H2,1-2H3,(H,18,19). The van der Waals surface area contributed by atoms with Crippen LogP contribution in [0.2, 0.25) is 0 Å². The van der Waals surface area contributed by atoms with Crippen LogP contribution in [0, 0.1) is 6.92 Å². The van der Waals surface area contributed by atoms with Crippen molar-refractivity contribution in [2.45, 2.75) is 30.4 Å². The molecule has 0 radical (unpaired) electrons. The van der Waals surface area contributed by atoms with E-state index in [1.165, 1.54) is 16.0 Å². The highest BCUT2D eigenvalue weighted by molar-refractivity contribution is 7.98. The van der Waals surface area contributed by atoms with Crippen LogP contribution < -0.4 is 0 Å². The summed E-state index contributed by atoms with van der Waals surface area (Å²) >= 11 is 1.79. The number of carboxylic acids is 1. The first-order valence-corrected chi connectivity index (χ1v) is 7.56. The van der Waals surface area contributed by atoms with Crippen molar-refractivity contribution in [3.63, 3.8) is 0 Å². The van der Waals surface area contributed by atoms with Crippen LogP contribution in [0.3, 0.4) is 0 Å². The minimum Gasteiger partial charge on any atom is -0.481 e. The molecule has 0 aliphatic carbocycles. The molecule has 0 heterocycles. The average Bonchev–Trinajstić information content (AvgIpc) is 2.45. The molecule has 0 amide bonds. The Kier molecular flexibility index (Phi) is 4.85. The normalized spacial score (nSPS) is 12.1. The van der Waals surface area contributed by atoms with E-state index in [0.717, 1.165) is 11.3 Å². The minimum atomic E-state index is -0.785. The van der Waals surface area contributed by atoms with Crippen molar-refractivity contribution in [2.75, 3.05) is 0 Å². The maximum Gasteiger partial charge on any atom is 0.310 e. The highest BCUT2D eigenvalue weighted by Crippen LogP contribution is 2.24. The van der Waals surface area contributed by atoms with Gasteiger partial charge in [0.1, 0.15) is 0 Å². The fourth-order valence-corrected chi connectivity index (χ4v) is 2.89. The molecular weight excluding hydrogens is 268 g/mol. The molecular formula is C17H18O2S. The SMILES string of the molecule is Cc1cccc(SCc2ccc(C(C)C(=O)O)cc2)c1. The van der Waals surface area contributed by atoms with Gasteiger partial charge in [0, 0.05) is 10.6 Å². The van der Waals surface area contributed by atoms with Crippen LogP contribution in [-0.4, -0.2) is 11.1 Å². The van der Waals surface area contributed by atoms with Crippen LogP contribution in [0.4, 0.5) is 0 Å². The molecule has 0 spiro atoms. The van der Waals surface area contributed by atoms with Crippen molar-refractivity contribution >= 4 is 17.7 Å². The average molecular weight is 286 g/mol. The molecule has 0 saturated heterocycles. The van der Waals surface area contributed by atoms with Crippen molar-refractivity contribution < 1.29 is 9.90 Å². The zero-order valence-electron chi connectivity index (χ0n) is 11.7. The third-order valence-electron chi connectivity index (χ3n) is 3.25. The Labute approximate surface area is 123 Å². The van der Waals surface area contributed by atoms with Gasteiger partial charge in [-0.05, 0) is 37.1 Å². The van der Waals surface area contributed by atoms with Crippen LogP contribution in [0.1, 0.15) is 29.5 Å². The number of rotatable bonds is 5. The first-order valence-electron chi connectivity index (χ1n) is 6.57. The first kappa shape index (κ1) is 14.7. The summed E-state index contributed by atoms with van der Waals surface area (Å²) < 4.78 is 0.